The summed E-state index contributed by atoms with van der Waals surface area (Å²) in [4.78, 5) is 192. The number of carboxylic acids is 1. The Bertz CT molecular complexity index is 3550. The van der Waals surface area contributed by atoms with Crippen molar-refractivity contribution in [2.24, 2.45) is 0 Å². The zero-order chi connectivity index (χ0) is 76.6. The standard InChI is InChI=1S/C67H96N16O22/c1-42(65(99)76-40-59(97)81(31-33-85)29-30-83-47-14-12-44(69-25-24-68-26-32-84)61-62(47)63(80-83)43-8-5-10-48(86)60(43)64(61)98)77-55(93)39-74-54(92)38-75-66(100)45(78-52(90)18-23-72-49(87)11-6-28-82-57(95)16-17-58(82)96)9-3-4-21-70-51(89)20-36-104-37-27-73-56(94)41-105-34-7-22-71-50(88)15-13-46(67(101)102)79-53(91)19-35-103-2/h5,8,10,12,14,16-17,42,45-46,68-69,84-86H,3-4,6-7,9,11,13,15,18-41H2,1-2H3,(H,70,89)(H,71,88)(H,72,87)(H,73,94)(H,74,92)(H,75,100)(H,76,99)(H,77,93)(H,78,90)(H,79,91)(H,101,102)/t42-,45+,46-/m0/s1. The fourth-order valence-electron chi connectivity index (χ4n) is 10.6. The number of imide groups is 1. The van der Waals surface area contributed by atoms with Crippen LogP contribution in [0.15, 0.2) is 42.5 Å². The molecule has 16 N–H and O–H groups in total. The van der Waals surface area contributed by atoms with Gasteiger partial charge in [-0.2, -0.15) is 5.10 Å². The topological polar surface area (TPSA) is 533 Å². The van der Waals surface area contributed by atoms with Gasteiger partial charge in [0.15, 0.2) is 5.78 Å². The second-order valence-corrected chi connectivity index (χ2v) is 24.0. The molecule has 1 aliphatic carbocycles. The average molecular weight is 1480 g/mol. The van der Waals surface area contributed by atoms with Crippen LogP contribution in [0, 0.1) is 0 Å². The molecule has 38 nitrogen and oxygen atoms in total. The number of hydrogen-bond donors (Lipinski definition) is 16. The number of amides is 13. The summed E-state index contributed by atoms with van der Waals surface area (Å²) in [6, 6.07) is 4.51. The number of aromatic hydroxyl groups is 1. The van der Waals surface area contributed by atoms with Crippen LogP contribution in [0.25, 0.3) is 22.2 Å². The number of nitrogens with zero attached hydrogens (tertiary/aromatic N) is 4. The molecule has 2 aromatic carbocycles. The minimum absolute atomic E-state index is 0.00205. The predicted octanol–water partition coefficient (Wildman–Crippen LogP) is -4.96. The van der Waals surface area contributed by atoms with Gasteiger partial charge in [-0.05, 0) is 63.6 Å². The molecule has 3 atom stereocenters. The number of ketones is 1. The molecule has 0 spiro atoms. The van der Waals surface area contributed by atoms with Gasteiger partial charge in [0.2, 0.25) is 65.0 Å². The number of hydrogen-bond acceptors (Lipinski definition) is 24. The highest BCUT2D eigenvalue weighted by molar-refractivity contribution is 6.28. The smallest absolute Gasteiger partial charge is 0.326 e. The number of methoxy groups -OCH3 is 1. The van der Waals surface area contributed by atoms with E-state index >= 15 is 0 Å². The van der Waals surface area contributed by atoms with E-state index in [4.69, 9.17) is 24.4 Å². The first-order valence-corrected chi connectivity index (χ1v) is 34.5. The van der Waals surface area contributed by atoms with Crippen LogP contribution in [-0.2, 0) is 87.9 Å². The minimum Gasteiger partial charge on any atom is -0.507 e. The number of carbonyl (C=O) groups excluding carboxylic acids is 14. The van der Waals surface area contributed by atoms with Crippen LogP contribution >= 0.6 is 0 Å². The highest BCUT2D eigenvalue weighted by Crippen LogP contribution is 2.44. The van der Waals surface area contributed by atoms with Gasteiger partial charge in [0, 0.05) is 140 Å². The number of phenolic OH excluding ortho intramolecular Hbond substituents is 1. The fraction of sp³-hybridized carbons (Fsp3) is 0.552. The van der Waals surface area contributed by atoms with Gasteiger partial charge in [-0.25, -0.2) is 4.79 Å². The molecule has 13 amide bonds. The van der Waals surface area contributed by atoms with Crippen molar-refractivity contribution in [1.82, 2.24) is 78.1 Å². The van der Waals surface area contributed by atoms with Crippen LogP contribution in [0.3, 0.4) is 0 Å². The van der Waals surface area contributed by atoms with Crippen molar-refractivity contribution in [1.29, 1.82) is 0 Å². The number of rotatable bonds is 53. The van der Waals surface area contributed by atoms with Gasteiger partial charge in [-0.3, -0.25) is 76.7 Å². The summed E-state index contributed by atoms with van der Waals surface area (Å²) < 4.78 is 17.2. The van der Waals surface area contributed by atoms with Crippen LogP contribution in [0.1, 0.15) is 93.5 Å². The number of phenols is 1. The van der Waals surface area contributed by atoms with Crippen molar-refractivity contribution < 1.29 is 107 Å². The van der Waals surface area contributed by atoms with E-state index in [1.165, 1.54) is 25.0 Å². The van der Waals surface area contributed by atoms with Crippen molar-refractivity contribution in [2.75, 3.05) is 144 Å². The largest absolute Gasteiger partial charge is 0.507 e. The normalized spacial score (nSPS) is 12.8. The molecule has 3 aromatic rings. The van der Waals surface area contributed by atoms with E-state index in [0.29, 0.717) is 65.9 Å². The molecule has 105 heavy (non-hydrogen) atoms. The van der Waals surface area contributed by atoms with E-state index in [1.54, 1.807) is 28.9 Å². The van der Waals surface area contributed by atoms with Crippen LogP contribution in [0.4, 0.5) is 5.69 Å². The van der Waals surface area contributed by atoms with Gasteiger partial charge in [0.1, 0.15) is 36.2 Å². The molecule has 0 fully saturated rings. The summed E-state index contributed by atoms with van der Waals surface area (Å²) in [7, 11) is 1.40. The predicted molar refractivity (Wildman–Crippen MR) is 373 cm³/mol. The Kier molecular flexibility index (Phi) is 37.5. The first kappa shape index (κ1) is 85.1. The number of fused-ring (bicyclic) bond motifs is 2. The Morgan fingerprint density at radius 1 is 0.552 bits per heavy atom. The maximum atomic E-state index is 14.0. The summed E-state index contributed by atoms with van der Waals surface area (Å²) in [5, 5.41) is 75.9. The van der Waals surface area contributed by atoms with Gasteiger partial charge in [0.05, 0.1) is 75.9 Å². The number of carbonyl (C=O) groups is 15. The van der Waals surface area contributed by atoms with E-state index in [-0.39, 0.29) is 167 Å². The number of aliphatic hydroxyl groups excluding tert-OH is 2. The summed E-state index contributed by atoms with van der Waals surface area (Å²) in [6.45, 7) is 0.702. The SMILES string of the molecule is COCCC(=O)N[C@@H](CCC(=O)NCCCOCC(=O)NCCOCCC(=O)NCCCC[C@@H](NC(=O)CCNC(=O)CCCN1C(=O)C=CC1=O)C(=O)NCC(=O)NCC(=O)N[C@@H](C)C(=O)NCC(=O)N(CCO)CCn1nc2c3c(c(NCCNCCO)ccc31)C(=O)c1c(O)cccc1-2)C(=O)O. The van der Waals surface area contributed by atoms with E-state index in [1.807, 2.05) is 0 Å². The van der Waals surface area contributed by atoms with E-state index in [9.17, 15) is 87.2 Å². The van der Waals surface area contributed by atoms with Gasteiger partial charge >= 0.3 is 5.97 Å². The Morgan fingerprint density at radius 3 is 1.96 bits per heavy atom. The van der Waals surface area contributed by atoms with Gasteiger partial charge in [0.25, 0.3) is 11.8 Å². The Labute approximate surface area is 604 Å². The monoisotopic (exact) mass is 1480 g/mol. The van der Waals surface area contributed by atoms with Crippen molar-refractivity contribution >= 4 is 105 Å². The summed E-state index contributed by atoms with van der Waals surface area (Å²) in [5.41, 5.74) is 2.29. The average Bonchev–Trinajstić information content (AvgIpc) is 1.59. The molecular weight excluding hydrogens is 1380 g/mol. The Hall–Kier alpha value is -10.5. The molecule has 576 valence electrons. The molecule has 0 radical (unpaired) electrons. The lowest BCUT2D eigenvalue weighted by atomic mass is 9.86. The third-order valence-electron chi connectivity index (χ3n) is 16.1. The maximum Gasteiger partial charge on any atom is 0.326 e. The number of ether oxygens (including phenoxy) is 3. The molecule has 0 saturated carbocycles. The van der Waals surface area contributed by atoms with Gasteiger partial charge in [-0.1, -0.05) is 12.1 Å². The molecule has 0 saturated heterocycles. The molecule has 2 aliphatic rings. The Balaban J connectivity index is 0.997. The van der Waals surface area contributed by atoms with Crippen LogP contribution in [-0.4, -0.2) is 285 Å². The maximum absolute atomic E-state index is 14.0. The Morgan fingerprint density at radius 2 is 1.23 bits per heavy atom. The van der Waals surface area contributed by atoms with Crippen molar-refractivity contribution in [3.05, 3.63) is 53.6 Å². The number of carboxylic acid groups (broad SMARTS) is 1. The van der Waals surface area contributed by atoms with Crippen LogP contribution in [0.5, 0.6) is 5.75 Å². The van der Waals surface area contributed by atoms with Gasteiger partial charge in [-0.15, -0.1) is 0 Å². The number of unbranched alkanes of at least 4 members (excludes halogenated alkanes) is 1. The third kappa shape index (κ3) is 29.6. The summed E-state index contributed by atoms with van der Waals surface area (Å²) >= 11 is 0. The zero-order valence-corrected chi connectivity index (χ0v) is 58.8. The molecule has 1 aromatic heterocycles. The third-order valence-corrected chi connectivity index (χ3v) is 16.1. The van der Waals surface area contributed by atoms with Crippen molar-refractivity contribution in [3.8, 4) is 17.0 Å². The van der Waals surface area contributed by atoms with Crippen molar-refractivity contribution in [2.45, 2.75) is 102 Å². The minimum atomic E-state index is -1.27. The lowest BCUT2D eigenvalue weighted by Crippen LogP contribution is -2.51. The first-order chi connectivity index (χ1) is 50.5. The fourth-order valence-corrected chi connectivity index (χ4v) is 10.6. The lowest BCUT2D eigenvalue weighted by molar-refractivity contribution is -0.142. The van der Waals surface area contributed by atoms with Crippen molar-refractivity contribution in [3.63, 3.8) is 0 Å². The number of anilines is 1. The summed E-state index contributed by atoms with van der Waals surface area (Å²) in [6.07, 6.45) is 2.80. The molecule has 5 rings (SSSR count). The number of nitrogens with one attached hydrogen (secondary N) is 12. The first-order valence-electron chi connectivity index (χ1n) is 34.5. The van der Waals surface area contributed by atoms with E-state index in [2.05, 4.69) is 63.8 Å². The molecule has 0 bridgehead atoms. The number of aliphatic carboxylic acids is 1. The second-order valence-electron chi connectivity index (χ2n) is 24.0. The van der Waals surface area contributed by atoms with Gasteiger partial charge < -0.3 is 103 Å². The molecule has 1 aliphatic heterocycles. The molecule has 2 heterocycles. The van der Waals surface area contributed by atoms with E-state index < -0.39 is 127 Å². The molecule has 38 heteroatoms. The highest BCUT2D eigenvalue weighted by Gasteiger charge is 2.34. The zero-order valence-electron chi connectivity index (χ0n) is 58.8. The number of benzene rings is 2. The van der Waals surface area contributed by atoms with Crippen LogP contribution < -0.4 is 63.8 Å². The number of aromatic nitrogens is 2. The second kappa shape index (κ2) is 46.2. The quantitative estimate of drug-likeness (QED) is 0.0145. The lowest BCUT2D eigenvalue weighted by Gasteiger charge is -2.23. The highest BCUT2D eigenvalue weighted by atomic mass is 16.5. The number of aliphatic hydroxyl groups is 2. The van der Waals surface area contributed by atoms with E-state index in [0.717, 1.165) is 17.1 Å². The van der Waals surface area contributed by atoms with Crippen LogP contribution in [0.2, 0.25) is 0 Å². The molecule has 0 unspecified atom stereocenters. The summed E-state index contributed by atoms with van der Waals surface area (Å²) in [5.74, 6) is -9.51. The molecular formula is C67H96N16O22.